The minimum Gasteiger partial charge on any atom is -0.493 e. The van der Waals surface area contributed by atoms with Gasteiger partial charge in [-0.15, -0.1) is 0 Å². The van der Waals surface area contributed by atoms with Crippen molar-refractivity contribution in [2.45, 2.75) is 19.4 Å². The molecule has 8 heteroatoms. The van der Waals surface area contributed by atoms with E-state index in [9.17, 15) is 4.79 Å². The second-order valence-electron chi connectivity index (χ2n) is 7.26. The molecule has 3 aromatic rings. The van der Waals surface area contributed by atoms with Gasteiger partial charge in [-0.25, -0.2) is 4.52 Å². The van der Waals surface area contributed by atoms with Gasteiger partial charge in [0.05, 0.1) is 27.5 Å². The highest BCUT2D eigenvalue weighted by molar-refractivity contribution is 5.78. The van der Waals surface area contributed by atoms with E-state index < -0.39 is 0 Å². The van der Waals surface area contributed by atoms with Crippen LogP contribution in [0.5, 0.6) is 23.0 Å². The number of hydrogen-bond donors (Lipinski definition) is 1. The smallest absolute Gasteiger partial charge is 0.220 e. The maximum atomic E-state index is 11.6. The van der Waals surface area contributed by atoms with Gasteiger partial charge in [0.25, 0.3) is 0 Å². The molecular weight excluding hydrogens is 386 g/mol. The van der Waals surface area contributed by atoms with Crippen molar-refractivity contribution in [2.24, 2.45) is 5.92 Å². The van der Waals surface area contributed by atoms with Crippen LogP contribution in [-0.2, 0) is 4.79 Å². The van der Waals surface area contributed by atoms with Crippen molar-refractivity contribution in [1.29, 1.82) is 0 Å². The lowest BCUT2D eigenvalue weighted by Crippen LogP contribution is -2.25. The summed E-state index contributed by atoms with van der Waals surface area (Å²) in [6, 6.07) is 7.65. The van der Waals surface area contributed by atoms with Gasteiger partial charge in [-0.1, -0.05) is 0 Å². The Kier molecular flexibility index (Phi) is 5.39. The molecule has 0 radical (unpaired) electrons. The summed E-state index contributed by atoms with van der Waals surface area (Å²) in [5.74, 6) is 2.57. The van der Waals surface area contributed by atoms with E-state index in [4.69, 9.17) is 18.9 Å². The summed E-state index contributed by atoms with van der Waals surface area (Å²) in [5.41, 5.74) is 2.61. The van der Waals surface area contributed by atoms with Gasteiger partial charge in [0.15, 0.2) is 11.5 Å². The van der Waals surface area contributed by atoms with E-state index in [0.717, 1.165) is 16.6 Å². The fourth-order valence-electron chi connectivity index (χ4n) is 3.75. The molecule has 4 rings (SSSR count). The normalized spacial score (nSPS) is 16.9. The Labute approximate surface area is 174 Å². The molecule has 158 valence electrons. The summed E-state index contributed by atoms with van der Waals surface area (Å²) in [7, 11) is 4.75. The van der Waals surface area contributed by atoms with Crippen LogP contribution >= 0.6 is 0 Å². The van der Waals surface area contributed by atoms with Crippen LogP contribution in [0.3, 0.4) is 0 Å². The summed E-state index contributed by atoms with van der Waals surface area (Å²) < 4.78 is 24.5. The van der Waals surface area contributed by atoms with E-state index in [2.05, 4.69) is 10.4 Å². The van der Waals surface area contributed by atoms with E-state index in [1.807, 2.05) is 37.4 Å². The largest absolute Gasteiger partial charge is 0.493 e. The molecule has 2 atom stereocenters. The molecule has 1 saturated heterocycles. The number of fused-ring (bicyclic) bond motifs is 1. The van der Waals surface area contributed by atoms with Gasteiger partial charge in [0.1, 0.15) is 17.4 Å². The van der Waals surface area contributed by atoms with Crippen LogP contribution in [-0.4, -0.2) is 49.5 Å². The Morgan fingerprint density at radius 2 is 1.77 bits per heavy atom. The van der Waals surface area contributed by atoms with E-state index >= 15 is 0 Å². The van der Waals surface area contributed by atoms with Crippen molar-refractivity contribution in [3.63, 3.8) is 0 Å². The van der Waals surface area contributed by atoms with Gasteiger partial charge in [-0.05, 0) is 36.8 Å². The molecule has 0 unspecified atom stereocenters. The van der Waals surface area contributed by atoms with Crippen LogP contribution in [0.15, 0.2) is 36.7 Å². The number of carbonyl (C=O) groups excluding carboxylic acids is 1. The number of carbonyl (C=O) groups is 1. The first kappa shape index (κ1) is 19.9. The van der Waals surface area contributed by atoms with Crippen molar-refractivity contribution in [1.82, 2.24) is 14.9 Å². The van der Waals surface area contributed by atoms with E-state index in [1.54, 1.807) is 32.0 Å². The van der Waals surface area contributed by atoms with Gasteiger partial charge in [0.2, 0.25) is 11.7 Å². The Hall–Kier alpha value is -3.42. The summed E-state index contributed by atoms with van der Waals surface area (Å²) in [4.78, 5) is 11.6. The SMILES string of the molecule is COc1cc(-c2cc(O[C@H](C)[C@H]3CNC(=O)C3)c3ccnn3c2)cc(OC)c1OC. The monoisotopic (exact) mass is 411 g/mol. The first-order valence-corrected chi connectivity index (χ1v) is 9.75. The summed E-state index contributed by atoms with van der Waals surface area (Å²) in [6.45, 7) is 2.62. The second kappa shape index (κ2) is 8.14. The molecular formula is C22H25N3O5. The third-order valence-electron chi connectivity index (χ3n) is 5.45. The lowest BCUT2D eigenvalue weighted by molar-refractivity contribution is -0.119. The quantitative estimate of drug-likeness (QED) is 0.644. The fraction of sp³-hybridized carbons (Fsp3) is 0.364. The van der Waals surface area contributed by atoms with Gasteiger partial charge >= 0.3 is 0 Å². The summed E-state index contributed by atoms with van der Waals surface area (Å²) >= 11 is 0. The Balaban J connectivity index is 1.75. The van der Waals surface area contributed by atoms with Gasteiger partial charge in [0, 0.05) is 30.6 Å². The minimum absolute atomic E-state index is 0.0659. The van der Waals surface area contributed by atoms with Crippen molar-refractivity contribution in [3.8, 4) is 34.1 Å². The zero-order valence-corrected chi connectivity index (χ0v) is 17.5. The van der Waals surface area contributed by atoms with Crippen molar-refractivity contribution < 1.29 is 23.7 Å². The third-order valence-corrected chi connectivity index (χ3v) is 5.45. The fourth-order valence-corrected chi connectivity index (χ4v) is 3.75. The van der Waals surface area contributed by atoms with Crippen LogP contribution in [0.4, 0.5) is 0 Å². The molecule has 0 spiro atoms. The number of amides is 1. The first-order chi connectivity index (χ1) is 14.5. The summed E-state index contributed by atoms with van der Waals surface area (Å²) in [5, 5.41) is 7.25. The number of rotatable bonds is 7. The molecule has 1 amide bonds. The van der Waals surface area contributed by atoms with Gasteiger partial charge in [-0.3, -0.25) is 4.79 Å². The predicted molar refractivity (Wildman–Crippen MR) is 111 cm³/mol. The second-order valence-corrected chi connectivity index (χ2v) is 7.26. The Morgan fingerprint density at radius 1 is 1.07 bits per heavy atom. The van der Waals surface area contributed by atoms with Crippen molar-refractivity contribution >= 4 is 11.4 Å². The number of methoxy groups -OCH3 is 3. The molecule has 0 saturated carbocycles. The number of hydrogen-bond acceptors (Lipinski definition) is 6. The standard InChI is InChI=1S/C22H25N3O5/c1-13(15-10-21(26)23-11-15)30-18-9-16(12-25-17(18)5-6-24-25)14-7-19(27-2)22(29-4)20(8-14)28-3/h5-9,12-13,15H,10-11H2,1-4H3,(H,23,26)/t13-,15-/m1/s1. The average Bonchev–Trinajstić information content (AvgIpc) is 3.41. The molecule has 1 aliphatic heterocycles. The van der Waals surface area contributed by atoms with Gasteiger partial charge < -0.3 is 24.3 Å². The molecule has 0 bridgehead atoms. The minimum atomic E-state index is -0.127. The van der Waals surface area contributed by atoms with E-state index in [0.29, 0.717) is 36.0 Å². The van der Waals surface area contributed by atoms with E-state index in [-0.39, 0.29) is 17.9 Å². The number of nitrogens with zero attached hydrogens (tertiary/aromatic N) is 2. The molecule has 1 N–H and O–H groups in total. The maximum absolute atomic E-state index is 11.6. The highest BCUT2D eigenvalue weighted by Crippen LogP contribution is 2.42. The Bertz CT molecular complexity index is 1050. The zero-order valence-electron chi connectivity index (χ0n) is 17.5. The topological polar surface area (TPSA) is 83.3 Å². The predicted octanol–water partition coefficient (Wildman–Crippen LogP) is 2.93. The zero-order chi connectivity index (χ0) is 21.3. The number of ether oxygens (including phenoxy) is 4. The lowest BCUT2D eigenvalue weighted by Gasteiger charge is -2.21. The van der Waals surface area contributed by atoms with Crippen LogP contribution in [0, 0.1) is 5.92 Å². The van der Waals surface area contributed by atoms with Crippen LogP contribution in [0.25, 0.3) is 16.6 Å². The highest BCUT2D eigenvalue weighted by atomic mass is 16.5. The molecule has 0 aliphatic carbocycles. The highest BCUT2D eigenvalue weighted by Gasteiger charge is 2.28. The number of benzene rings is 1. The Morgan fingerprint density at radius 3 is 2.37 bits per heavy atom. The number of aromatic nitrogens is 2. The average molecular weight is 411 g/mol. The van der Waals surface area contributed by atoms with Crippen LogP contribution < -0.4 is 24.3 Å². The first-order valence-electron chi connectivity index (χ1n) is 9.75. The molecule has 1 aromatic carbocycles. The number of nitrogens with one attached hydrogen (secondary N) is 1. The number of pyridine rings is 1. The molecule has 3 heterocycles. The van der Waals surface area contributed by atoms with Crippen LogP contribution in [0.1, 0.15) is 13.3 Å². The van der Waals surface area contributed by atoms with Crippen LogP contribution in [0.2, 0.25) is 0 Å². The molecule has 1 aliphatic rings. The van der Waals surface area contributed by atoms with Crippen molar-refractivity contribution in [2.75, 3.05) is 27.9 Å². The molecule has 30 heavy (non-hydrogen) atoms. The molecule has 8 nitrogen and oxygen atoms in total. The van der Waals surface area contributed by atoms with E-state index in [1.165, 1.54) is 0 Å². The summed E-state index contributed by atoms with van der Waals surface area (Å²) in [6.07, 6.45) is 4.00. The lowest BCUT2D eigenvalue weighted by atomic mass is 10.0. The molecule has 1 fully saturated rings. The van der Waals surface area contributed by atoms with Gasteiger partial charge in [-0.2, -0.15) is 5.10 Å². The maximum Gasteiger partial charge on any atom is 0.220 e. The molecule has 2 aromatic heterocycles. The van der Waals surface area contributed by atoms with Crippen molar-refractivity contribution in [3.05, 3.63) is 36.7 Å². The third kappa shape index (κ3) is 3.60.